The van der Waals surface area contributed by atoms with Gasteiger partial charge in [0.2, 0.25) is 0 Å². The SMILES string of the molecule is CCC1CCCCN1CCC(=O)c1cc(C)cc(C)c1. The van der Waals surface area contributed by atoms with Crippen molar-refractivity contribution in [2.45, 2.75) is 58.9 Å². The lowest BCUT2D eigenvalue weighted by Gasteiger charge is -2.35. The van der Waals surface area contributed by atoms with E-state index >= 15 is 0 Å². The predicted octanol–water partition coefficient (Wildman–Crippen LogP) is 4.14. The van der Waals surface area contributed by atoms with Crippen LogP contribution in [-0.4, -0.2) is 29.8 Å². The van der Waals surface area contributed by atoms with Gasteiger partial charge in [0.15, 0.2) is 5.78 Å². The summed E-state index contributed by atoms with van der Waals surface area (Å²) >= 11 is 0. The van der Waals surface area contributed by atoms with Gasteiger partial charge in [0, 0.05) is 24.6 Å². The molecule has 0 spiro atoms. The van der Waals surface area contributed by atoms with E-state index in [2.05, 4.69) is 31.7 Å². The lowest BCUT2D eigenvalue weighted by molar-refractivity contribution is 0.0923. The topological polar surface area (TPSA) is 20.3 Å². The van der Waals surface area contributed by atoms with Crippen LogP contribution < -0.4 is 0 Å². The van der Waals surface area contributed by atoms with Gasteiger partial charge < -0.3 is 0 Å². The lowest BCUT2D eigenvalue weighted by atomic mass is 9.98. The highest BCUT2D eigenvalue weighted by molar-refractivity contribution is 5.96. The second kappa shape index (κ2) is 7.03. The molecular formula is C18H27NO. The number of hydrogen-bond acceptors (Lipinski definition) is 2. The zero-order valence-corrected chi connectivity index (χ0v) is 13.1. The van der Waals surface area contributed by atoms with Gasteiger partial charge in [0.25, 0.3) is 0 Å². The minimum absolute atomic E-state index is 0.289. The Hall–Kier alpha value is -1.15. The van der Waals surface area contributed by atoms with Crippen LogP contribution in [0.5, 0.6) is 0 Å². The maximum absolute atomic E-state index is 12.4. The number of piperidine rings is 1. The van der Waals surface area contributed by atoms with Crippen molar-refractivity contribution < 1.29 is 4.79 Å². The van der Waals surface area contributed by atoms with E-state index in [4.69, 9.17) is 0 Å². The van der Waals surface area contributed by atoms with E-state index in [1.807, 2.05) is 12.1 Å². The Labute approximate surface area is 123 Å². The maximum atomic E-state index is 12.4. The average Bonchev–Trinajstić information content (AvgIpc) is 2.44. The van der Waals surface area contributed by atoms with Crippen molar-refractivity contribution in [2.24, 2.45) is 0 Å². The number of aryl methyl sites for hydroxylation is 2. The Morgan fingerprint density at radius 2 is 1.90 bits per heavy atom. The van der Waals surface area contributed by atoms with Crippen molar-refractivity contribution in [3.63, 3.8) is 0 Å². The number of Topliss-reactive ketones (excluding diaryl/α,β-unsaturated/α-hetero) is 1. The third kappa shape index (κ3) is 3.92. The molecule has 0 aromatic heterocycles. The number of ketones is 1. The van der Waals surface area contributed by atoms with Crippen LogP contribution in [-0.2, 0) is 0 Å². The van der Waals surface area contributed by atoms with Crippen molar-refractivity contribution in [3.8, 4) is 0 Å². The number of benzene rings is 1. The molecule has 0 saturated carbocycles. The molecule has 1 aromatic rings. The van der Waals surface area contributed by atoms with Crippen molar-refractivity contribution in [2.75, 3.05) is 13.1 Å². The third-order valence-corrected chi connectivity index (χ3v) is 4.39. The molecule has 2 rings (SSSR count). The van der Waals surface area contributed by atoms with Gasteiger partial charge in [-0.05, 0) is 51.8 Å². The first kappa shape index (κ1) is 15.2. The summed E-state index contributed by atoms with van der Waals surface area (Å²) in [6.07, 6.45) is 5.79. The first-order valence-electron chi connectivity index (χ1n) is 7.95. The minimum atomic E-state index is 0.289. The fraction of sp³-hybridized carbons (Fsp3) is 0.611. The van der Waals surface area contributed by atoms with E-state index < -0.39 is 0 Å². The monoisotopic (exact) mass is 273 g/mol. The zero-order chi connectivity index (χ0) is 14.5. The quantitative estimate of drug-likeness (QED) is 0.751. The highest BCUT2D eigenvalue weighted by atomic mass is 16.1. The van der Waals surface area contributed by atoms with Gasteiger partial charge in [-0.15, -0.1) is 0 Å². The number of nitrogens with zero attached hydrogens (tertiary/aromatic N) is 1. The van der Waals surface area contributed by atoms with Gasteiger partial charge >= 0.3 is 0 Å². The predicted molar refractivity (Wildman–Crippen MR) is 84.4 cm³/mol. The fourth-order valence-corrected chi connectivity index (χ4v) is 3.34. The van der Waals surface area contributed by atoms with Crippen LogP contribution in [0.25, 0.3) is 0 Å². The Kier molecular flexibility index (Phi) is 5.36. The van der Waals surface area contributed by atoms with Gasteiger partial charge in [0.1, 0.15) is 0 Å². The van der Waals surface area contributed by atoms with Crippen LogP contribution in [0.3, 0.4) is 0 Å². The van der Waals surface area contributed by atoms with Gasteiger partial charge in [-0.2, -0.15) is 0 Å². The molecule has 2 heteroatoms. The van der Waals surface area contributed by atoms with Gasteiger partial charge in [-0.1, -0.05) is 30.5 Å². The normalized spacial score (nSPS) is 20.1. The lowest BCUT2D eigenvalue weighted by Crippen LogP contribution is -2.40. The summed E-state index contributed by atoms with van der Waals surface area (Å²) in [5, 5.41) is 0. The Balaban J connectivity index is 1.94. The summed E-state index contributed by atoms with van der Waals surface area (Å²) in [7, 11) is 0. The van der Waals surface area contributed by atoms with Crippen molar-refractivity contribution in [1.29, 1.82) is 0 Å². The summed E-state index contributed by atoms with van der Waals surface area (Å²) in [5.74, 6) is 0.289. The van der Waals surface area contributed by atoms with Crippen LogP contribution in [0.2, 0.25) is 0 Å². The van der Waals surface area contributed by atoms with Crippen LogP contribution in [0.4, 0.5) is 0 Å². The molecule has 1 fully saturated rings. The standard InChI is InChI=1S/C18H27NO/c1-4-17-7-5-6-9-19(17)10-8-18(20)16-12-14(2)11-15(3)13-16/h11-13,17H,4-10H2,1-3H3. The zero-order valence-electron chi connectivity index (χ0n) is 13.1. The van der Waals surface area contributed by atoms with Gasteiger partial charge in [0.05, 0.1) is 0 Å². The van der Waals surface area contributed by atoms with E-state index in [0.717, 1.165) is 12.1 Å². The Morgan fingerprint density at radius 1 is 1.20 bits per heavy atom. The van der Waals surface area contributed by atoms with Crippen molar-refractivity contribution in [3.05, 3.63) is 34.9 Å². The van der Waals surface area contributed by atoms with Crippen LogP contribution >= 0.6 is 0 Å². The van der Waals surface area contributed by atoms with Gasteiger partial charge in [-0.25, -0.2) is 0 Å². The molecule has 1 aromatic carbocycles. The van der Waals surface area contributed by atoms with E-state index in [1.165, 1.54) is 43.4 Å². The molecule has 1 heterocycles. The largest absolute Gasteiger partial charge is 0.300 e. The van der Waals surface area contributed by atoms with Crippen molar-refractivity contribution >= 4 is 5.78 Å². The summed E-state index contributed by atoms with van der Waals surface area (Å²) in [5.41, 5.74) is 3.24. The van der Waals surface area contributed by atoms with E-state index in [1.54, 1.807) is 0 Å². The fourth-order valence-electron chi connectivity index (χ4n) is 3.34. The summed E-state index contributed by atoms with van der Waals surface area (Å²) in [4.78, 5) is 14.9. The molecule has 110 valence electrons. The second-order valence-electron chi connectivity index (χ2n) is 6.14. The molecule has 1 aliphatic heterocycles. The molecule has 1 aliphatic rings. The number of carbonyl (C=O) groups is 1. The smallest absolute Gasteiger partial charge is 0.164 e. The molecule has 0 N–H and O–H groups in total. The highest BCUT2D eigenvalue weighted by Gasteiger charge is 2.21. The number of hydrogen-bond donors (Lipinski definition) is 0. The van der Waals surface area contributed by atoms with Crippen molar-refractivity contribution in [1.82, 2.24) is 4.90 Å². The molecule has 1 atom stereocenters. The third-order valence-electron chi connectivity index (χ3n) is 4.39. The minimum Gasteiger partial charge on any atom is -0.300 e. The summed E-state index contributed by atoms with van der Waals surface area (Å²) in [6.45, 7) is 8.46. The Morgan fingerprint density at radius 3 is 2.55 bits per heavy atom. The molecule has 0 bridgehead atoms. The van der Waals surface area contributed by atoms with Crippen LogP contribution in [0, 0.1) is 13.8 Å². The molecule has 1 unspecified atom stereocenters. The van der Waals surface area contributed by atoms with E-state index in [9.17, 15) is 4.79 Å². The van der Waals surface area contributed by atoms with E-state index in [-0.39, 0.29) is 5.78 Å². The number of rotatable bonds is 5. The molecular weight excluding hydrogens is 246 g/mol. The molecule has 0 radical (unpaired) electrons. The van der Waals surface area contributed by atoms with E-state index in [0.29, 0.717) is 12.5 Å². The Bertz CT molecular complexity index is 446. The first-order valence-corrected chi connectivity index (χ1v) is 7.95. The van der Waals surface area contributed by atoms with Crippen LogP contribution in [0.15, 0.2) is 18.2 Å². The first-order chi connectivity index (χ1) is 9.60. The highest BCUT2D eigenvalue weighted by Crippen LogP contribution is 2.20. The molecule has 20 heavy (non-hydrogen) atoms. The maximum Gasteiger partial charge on any atom is 0.164 e. The second-order valence-corrected chi connectivity index (χ2v) is 6.14. The molecule has 1 saturated heterocycles. The molecule has 0 amide bonds. The summed E-state index contributed by atoms with van der Waals surface area (Å²) < 4.78 is 0. The molecule has 2 nitrogen and oxygen atoms in total. The molecule has 0 aliphatic carbocycles. The van der Waals surface area contributed by atoms with Crippen LogP contribution in [0.1, 0.15) is 60.5 Å². The van der Waals surface area contributed by atoms with Gasteiger partial charge in [-0.3, -0.25) is 9.69 Å². The summed E-state index contributed by atoms with van der Waals surface area (Å²) in [6, 6.07) is 6.84. The number of carbonyl (C=O) groups excluding carboxylic acids is 1. The average molecular weight is 273 g/mol. The number of likely N-dealkylation sites (tertiary alicyclic amines) is 1.